The molecule has 0 radical (unpaired) electrons. The van der Waals surface area contributed by atoms with E-state index in [0.29, 0.717) is 5.69 Å². The van der Waals surface area contributed by atoms with Crippen molar-refractivity contribution in [2.75, 3.05) is 4.90 Å². The molecule has 1 saturated heterocycles. The van der Waals surface area contributed by atoms with Gasteiger partial charge in [-0.05, 0) is 62.5 Å². The third-order valence-corrected chi connectivity index (χ3v) is 5.39. The van der Waals surface area contributed by atoms with E-state index < -0.39 is 17.8 Å². The number of aromatic carboxylic acids is 1. The molecule has 0 saturated carbocycles. The van der Waals surface area contributed by atoms with E-state index in [2.05, 4.69) is 23.7 Å². The minimum atomic E-state index is -1.07. The molecule has 31 heavy (non-hydrogen) atoms. The van der Waals surface area contributed by atoms with Crippen LogP contribution in [0.5, 0.6) is 0 Å². The largest absolute Gasteiger partial charge is 0.478 e. The predicted molar refractivity (Wildman–Crippen MR) is 122 cm³/mol. The fraction of sp³-hybridized carbons (Fsp3) is 0.130. The number of aromatic nitrogens is 1. The fourth-order valence-corrected chi connectivity index (χ4v) is 3.86. The van der Waals surface area contributed by atoms with Crippen LogP contribution in [0.15, 0.2) is 60.3 Å². The molecule has 2 aromatic carbocycles. The Hall–Kier alpha value is -3.78. The van der Waals surface area contributed by atoms with Crippen molar-refractivity contribution in [3.05, 3.63) is 71.4 Å². The van der Waals surface area contributed by atoms with Crippen LogP contribution in [-0.4, -0.2) is 32.6 Å². The molecule has 8 heteroatoms. The molecule has 156 valence electrons. The van der Waals surface area contributed by atoms with Crippen LogP contribution in [0.3, 0.4) is 0 Å². The summed E-state index contributed by atoms with van der Waals surface area (Å²) in [5, 5.41) is 12.5. The Bertz CT molecular complexity index is 1270. The first-order valence-corrected chi connectivity index (χ1v) is 10.0. The van der Waals surface area contributed by atoms with Gasteiger partial charge in [-0.25, -0.2) is 4.79 Å². The number of hydrogen-bond donors (Lipinski definition) is 2. The quantitative estimate of drug-likeness (QED) is 0.371. The molecule has 0 aliphatic carbocycles. The molecular weight excluding hydrogens is 414 g/mol. The van der Waals surface area contributed by atoms with Gasteiger partial charge in [-0.1, -0.05) is 18.2 Å². The van der Waals surface area contributed by atoms with Crippen molar-refractivity contribution in [3.63, 3.8) is 0 Å². The van der Waals surface area contributed by atoms with Gasteiger partial charge in [-0.2, -0.15) is 0 Å². The topological polar surface area (TPSA) is 91.6 Å². The van der Waals surface area contributed by atoms with Crippen molar-refractivity contribution in [1.29, 1.82) is 0 Å². The molecule has 0 atom stereocenters. The number of fused-ring (bicyclic) bond motifs is 1. The summed E-state index contributed by atoms with van der Waals surface area (Å²) in [6.07, 6.45) is 3.49. The number of rotatable bonds is 4. The first-order valence-electron chi connectivity index (χ1n) is 9.62. The van der Waals surface area contributed by atoms with Crippen LogP contribution >= 0.6 is 12.2 Å². The van der Waals surface area contributed by atoms with Gasteiger partial charge in [0.25, 0.3) is 11.8 Å². The Balaban J connectivity index is 1.78. The average molecular weight is 433 g/mol. The number of hydrogen-bond acceptors (Lipinski definition) is 4. The molecule has 7 nitrogen and oxygen atoms in total. The Morgan fingerprint density at radius 2 is 1.77 bits per heavy atom. The third-order valence-electron chi connectivity index (χ3n) is 5.10. The van der Waals surface area contributed by atoms with Gasteiger partial charge in [0.05, 0.1) is 11.3 Å². The molecule has 0 bridgehead atoms. The number of benzene rings is 2. The second-order valence-corrected chi connectivity index (χ2v) is 7.80. The molecule has 2 amide bonds. The molecular formula is C23H19N3O4S. The lowest BCUT2D eigenvalue weighted by atomic mass is 10.1. The van der Waals surface area contributed by atoms with Crippen LogP contribution in [0.1, 0.15) is 35.8 Å². The number of carboxylic acids is 1. The first kappa shape index (κ1) is 20.5. The molecule has 0 unspecified atom stereocenters. The lowest BCUT2D eigenvalue weighted by Crippen LogP contribution is -2.54. The van der Waals surface area contributed by atoms with Gasteiger partial charge >= 0.3 is 5.97 Å². The van der Waals surface area contributed by atoms with Crippen molar-refractivity contribution in [3.8, 4) is 0 Å². The van der Waals surface area contributed by atoms with Crippen LogP contribution in [-0.2, 0) is 9.59 Å². The highest BCUT2D eigenvalue weighted by Gasteiger charge is 2.34. The highest BCUT2D eigenvalue weighted by atomic mass is 32.1. The SMILES string of the molecule is CC(C)n1cc(C=C2C(=O)NC(=S)N(c3ccc(C(=O)O)cc3)C2=O)c2ccccc21. The summed E-state index contributed by atoms with van der Waals surface area (Å²) in [5.41, 5.74) is 2.15. The molecule has 3 aromatic rings. The standard InChI is InChI=1S/C23H19N3O4S/c1-13(2)25-12-15(17-5-3-4-6-19(17)25)11-18-20(27)24-23(31)26(21(18)28)16-9-7-14(8-10-16)22(29)30/h3-13H,1-2H3,(H,29,30)(H,24,27,31). The number of carboxylic acid groups (broad SMARTS) is 1. The zero-order valence-corrected chi connectivity index (χ0v) is 17.6. The van der Waals surface area contributed by atoms with Gasteiger partial charge in [-0.3, -0.25) is 19.8 Å². The van der Waals surface area contributed by atoms with Gasteiger partial charge in [0, 0.05) is 28.7 Å². The van der Waals surface area contributed by atoms with E-state index in [1.54, 1.807) is 6.08 Å². The first-order chi connectivity index (χ1) is 14.8. The maximum absolute atomic E-state index is 13.2. The number of nitrogens with one attached hydrogen (secondary N) is 1. The summed E-state index contributed by atoms with van der Waals surface area (Å²) < 4.78 is 2.08. The van der Waals surface area contributed by atoms with Crippen molar-refractivity contribution in [1.82, 2.24) is 9.88 Å². The van der Waals surface area contributed by atoms with E-state index in [4.69, 9.17) is 17.3 Å². The van der Waals surface area contributed by atoms with E-state index in [1.165, 1.54) is 29.2 Å². The van der Waals surface area contributed by atoms with Gasteiger partial charge in [-0.15, -0.1) is 0 Å². The number of amides is 2. The highest BCUT2D eigenvalue weighted by Crippen LogP contribution is 2.28. The number of para-hydroxylation sites is 1. The molecule has 1 aromatic heterocycles. The minimum Gasteiger partial charge on any atom is -0.478 e. The van der Waals surface area contributed by atoms with Crippen molar-refractivity contribution < 1.29 is 19.5 Å². The monoisotopic (exact) mass is 433 g/mol. The summed E-state index contributed by atoms with van der Waals surface area (Å²) in [7, 11) is 0. The smallest absolute Gasteiger partial charge is 0.335 e. The zero-order valence-electron chi connectivity index (χ0n) is 16.8. The summed E-state index contributed by atoms with van der Waals surface area (Å²) in [4.78, 5) is 38.1. The van der Waals surface area contributed by atoms with E-state index in [0.717, 1.165) is 16.5 Å². The average Bonchev–Trinajstić information content (AvgIpc) is 3.10. The van der Waals surface area contributed by atoms with E-state index in [9.17, 15) is 14.4 Å². The number of nitrogens with zero attached hydrogens (tertiary/aromatic N) is 2. The van der Waals surface area contributed by atoms with Crippen LogP contribution in [0.25, 0.3) is 17.0 Å². The summed E-state index contributed by atoms with van der Waals surface area (Å²) in [6, 6.07) is 13.7. The second-order valence-electron chi connectivity index (χ2n) is 7.41. The number of carbonyl (C=O) groups is 3. The summed E-state index contributed by atoms with van der Waals surface area (Å²) in [5.74, 6) is -2.22. The van der Waals surface area contributed by atoms with E-state index in [-0.39, 0.29) is 22.3 Å². The molecule has 1 aliphatic heterocycles. The Morgan fingerprint density at radius 1 is 1.10 bits per heavy atom. The van der Waals surface area contributed by atoms with Gasteiger partial charge in [0.1, 0.15) is 5.57 Å². The highest BCUT2D eigenvalue weighted by molar-refractivity contribution is 7.80. The van der Waals surface area contributed by atoms with Gasteiger partial charge < -0.3 is 9.67 Å². The molecule has 0 spiro atoms. The Morgan fingerprint density at radius 3 is 2.42 bits per heavy atom. The minimum absolute atomic E-state index is 0.0532. The van der Waals surface area contributed by atoms with Crippen molar-refractivity contribution in [2.24, 2.45) is 0 Å². The number of carbonyl (C=O) groups excluding carboxylic acids is 2. The molecule has 2 heterocycles. The summed E-state index contributed by atoms with van der Waals surface area (Å²) >= 11 is 5.21. The summed E-state index contributed by atoms with van der Waals surface area (Å²) in [6.45, 7) is 4.12. The predicted octanol–water partition coefficient (Wildman–Crippen LogP) is 3.75. The van der Waals surface area contributed by atoms with Crippen LogP contribution in [0.4, 0.5) is 5.69 Å². The Labute approximate surface area is 183 Å². The lowest BCUT2D eigenvalue weighted by molar-refractivity contribution is -0.122. The van der Waals surface area contributed by atoms with Crippen LogP contribution in [0, 0.1) is 0 Å². The van der Waals surface area contributed by atoms with E-state index >= 15 is 0 Å². The molecule has 4 rings (SSSR count). The van der Waals surface area contributed by atoms with Gasteiger partial charge in [0.2, 0.25) is 0 Å². The zero-order chi connectivity index (χ0) is 22.3. The van der Waals surface area contributed by atoms with Crippen LogP contribution in [0.2, 0.25) is 0 Å². The number of anilines is 1. The fourth-order valence-electron chi connectivity index (χ4n) is 3.57. The molecule has 1 aliphatic rings. The maximum Gasteiger partial charge on any atom is 0.335 e. The van der Waals surface area contributed by atoms with Gasteiger partial charge in [0.15, 0.2) is 5.11 Å². The third kappa shape index (κ3) is 3.62. The molecule has 2 N–H and O–H groups in total. The normalized spacial score (nSPS) is 15.8. The Kier molecular flexibility index (Phi) is 5.16. The van der Waals surface area contributed by atoms with Crippen molar-refractivity contribution in [2.45, 2.75) is 19.9 Å². The second kappa shape index (κ2) is 7.81. The lowest BCUT2D eigenvalue weighted by Gasteiger charge is -2.28. The van der Waals surface area contributed by atoms with E-state index in [1.807, 2.05) is 30.5 Å². The number of thiocarbonyl (C=S) groups is 1. The molecule has 1 fully saturated rings. The maximum atomic E-state index is 13.2. The van der Waals surface area contributed by atoms with Crippen molar-refractivity contribution >= 4 is 57.8 Å². The van der Waals surface area contributed by atoms with Crippen LogP contribution < -0.4 is 10.2 Å².